The van der Waals surface area contributed by atoms with Crippen molar-refractivity contribution in [1.82, 2.24) is 10.2 Å². The van der Waals surface area contributed by atoms with Crippen LogP contribution in [0.4, 0.5) is 0 Å². The van der Waals surface area contributed by atoms with Gasteiger partial charge in [-0.3, -0.25) is 9.59 Å². The van der Waals surface area contributed by atoms with Gasteiger partial charge in [-0.1, -0.05) is 61.5 Å². The number of amides is 2. The standard InChI is InChI=1S/C22H22N2O5.Na/c1-14-12-24(22(29)19(20(14)27)21(28)23-11-18(25)26)13-15-7-9-17(10-8-15)16-5-3-2-4-6-16;/h2-10,14,27H,11-13H2,1H3,(H,23,28)(H,25,26);/q;+1/p-1. The van der Waals surface area contributed by atoms with Gasteiger partial charge in [-0.15, -0.1) is 0 Å². The normalized spacial score (nSPS) is 16.1. The molecular weight excluding hydrogens is 395 g/mol. The summed E-state index contributed by atoms with van der Waals surface area (Å²) in [5.74, 6) is -3.82. The monoisotopic (exact) mass is 416 g/mol. The molecule has 8 heteroatoms. The van der Waals surface area contributed by atoms with Gasteiger partial charge in [0.05, 0.1) is 12.5 Å². The summed E-state index contributed by atoms with van der Waals surface area (Å²) in [5, 5.41) is 22.8. The second kappa shape index (κ2) is 10.4. The van der Waals surface area contributed by atoms with E-state index in [4.69, 9.17) is 0 Å². The van der Waals surface area contributed by atoms with Crippen LogP contribution in [0.15, 0.2) is 65.9 Å². The maximum Gasteiger partial charge on any atom is 1.00 e. The molecule has 1 aliphatic rings. The minimum Gasteiger partial charge on any atom is -0.548 e. The van der Waals surface area contributed by atoms with Crippen LogP contribution in [0, 0.1) is 5.92 Å². The Morgan fingerprint density at radius 1 is 1.10 bits per heavy atom. The predicted octanol–water partition coefficient (Wildman–Crippen LogP) is -1.99. The molecule has 0 bridgehead atoms. The van der Waals surface area contributed by atoms with E-state index >= 15 is 0 Å². The fraction of sp³-hybridized carbons (Fsp3) is 0.227. The summed E-state index contributed by atoms with van der Waals surface area (Å²) in [6.07, 6.45) is 0. The third-order valence-electron chi connectivity index (χ3n) is 4.77. The number of carboxylic acid groups (broad SMARTS) is 1. The summed E-state index contributed by atoms with van der Waals surface area (Å²) in [5.41, 5.74) is 2.58. The molecule has 0 spiro atoms. The number of nitrogens with one attached hydrogen (secondary N) is 1. The molecule has 7 nitrogen and oxygen atoms in total. The number of hydrogen-bond donors (Lipinski definition) is 2. The fourth-order valence-corrected chi connectivity index (χ4v) is 3.26. The van der Waals surface area contributed by atoms with Crippen molar-refractivity contribution in [1.29, 1.82) is 0 Å². The minimum atomic E-state index is -1.48. The van der Waals surface area contributed by atoms with Gasteiger partial charge in [0.1, 0.15) is 11.3 Å². The first-order valence-electron chi connectivity index (χ1n) is 9.21. The molecule has 2 amide bonds. The number of aliphatic carboxylic acids is 1. The summed E-state index contributed by atoms with van der Waals surface area (Å²) in [6.45, 7) is 1.47. The first-order valence-corrected chi connectivity index (χ1v) is 9.21. The van der Waals surface area contributed by atoms with Crippen molar-refractivity contribution < 1.29 is 54.2 Å². The molecule has 0 saturated carbocycles. The predicted molar refractivity (Wildman–Crippen MR) is 104 cm³/mol. The molecule has 0 saturated heterocycles. The molecular formula is C22H21N2NaO5. The topological polar surface area (TPSA) is 110 Å². The summed E-state index contributed by atoms with van der Waals surface area (Å²) in [4.78, 5) is 37.0. The van der Waals surface area contributed by atoms with E-state index < -0.39 is 35.8 Å². The van der Waals surface area contributed by atoms with Crippen molar-refractivity contribution in [3.05, 3.63) is 71.5 Å². The van der Waals surface area contributed by atoms with Crippen LogP contribution in [-0.2, 0) is 20.9 Å². The summed E-state index contributed by atoms with van der Waals surface area (Å²) >= 11 is 0. The van der Waals surface area contributed by atoms with Crippen molar-refractivity contribution in [2.24, 2.45) is 5.92 Å². The van der Waals surface area contributed by atoms with E-state index in [1.807, 2.05) is 54.6 Å². The number of carbonyl (C=O) groups excluding carboxylic acids is 3. The third-order valence-corrected chi connectivity index (χ3v) is 4.77. The fourth-order valence-electron chi connectivity index (χ4n) is 3.26. The molecule has 1 unspecified atom stereocenters. The zero-order chi connectivity index (χ0) is 21.0. The Bertz CT molecular complexity index is 957. The van der Waals surface area contributed by atoms with Crippen LogP contribution in [0.5, 0.6) is 0 Å². The average molecular weight is 416 g/mol. The molecule has 1 aliphatic heterocycles. The molecule has 0 radical (unpaired) electrons. The second-order valence-corrected chi connectivity index (χ2v) is 6.96. The number of aliphatic hydroxyl groups excluding tert-OH is 1. The van der Waals surface area contributed by atoms with E-state index in [1.54, 1.807) is 6.92 Å². The number of hydrogen-bond acceptors (Lipinski definition) is 5. The van der Waals surface area contributed by atoms with Crippen molar-refractivity contribution in [2.75, 3.05) is 13.1 Å². The first-order chi connectivity index (χ1) is 13.9. The molecule has 3 rings (SSSR count). The van der Waals surface area contributed by atoms with Gasteiger partial charge in [-0.05, 0) is 16.7 Å². The number of carboxylic acids is 1. The Morgan fingerprint density at radius 2 is 1.70 bits per heavy atom. The molecule has 2 aromatic carbocycles. The van der Waals surface area contributed by atoms with E-state index in [9.17, 15) is 24.6 Å². The third kappa shape index (κ3) is 5.50. The van der Waals surface area contributed by atoms with Crippen LogP contribution in [0.1, 0.15) is 12.5 Å². The van der Waals surface area contributed by atoms with Crippen LogP contribution >= 0.6 is 0 Å². The van der Waals surface area contributed by atoms with E-state index in [-0.39, 0.29) is 48.4 Å². The average Bonchev–Trinajstić information content (AvgIpc) is 2.72. The molecule has 2 aromatic rings. The number of rotatable bonds is 6. The number of carbonyl (C=O) groups is 3. The zero-order valence-electron chi connectivity index (χ0n) is 16.9. The van der Waals surface area contributed by atoms with Crippen molar-refractivity contribution in [2.45, 2.75) is 13.5 Å². The minimum absolute atomic E-state index is 0. The van der Waals surface area contributed by atoms with Gasteiger partial charge in [-0.2, -0.15) is 0 Å². The Balaban J connectivity index is 0.00000320. The molecule has 0 aromatic heterocycles. The van der Waals surface area contributed by atoms with Gasteiger partial charge < -0.3 is 25.2 Å². The first kappa shape index (κ1) is 23.7. The van der Waals surface area contributed by atoms with Gasteiger partial charge in [0, 0.05) is 19.0 Å². The number of nitrogens with zero attached hydrogens (tertiary/aromatic N) is 1. The molecule has 30 heavy (non-hydrogen) atoms. The Hall–Kier alpha value is -2.61. The van der Waals surface area contributed by atoms with Gasteiger partial charge in [-0.25, -0.2) is 0 Å². The maximum atomic E-state index is 12.7. The molecule has 0 fully saturated rings. The van der Waals surface area contributed by atoms with Crippen molar-refractivity contribution in [3.8, 4) is 11.1 Å². The van der Waals surface area contributed by atoms with Gasteiger partial charge >= 0.3 is 29.6 Å². The molecule has 1 heterocycles. The summed E-state index contributed by atoms with van der Waals surface area (Å²) in [7, 11) is 0. The van der Waals surface area contributed by atoms with Gasteiger partial charge in [0.2, 0.25) is 0 Å². The van der Waals surface area contributed by atoms with E-state index in [0.717, 1.165) is 16.7 Å². The molecule has 0 aliphatic carbocycles. The van der Waals surface area contributed by atoms with Crippen molar-refractivity contribution in [3.63, 3.8) is 0 Å². The number of aliphatic hydroxyl groups is 1. The SMILES string of the molecule is CC1CN(Cc2ccc(-c3ccccc3)cc2)C(=O)C(C(=O)NCC(=O)[O-])=C1O.[Na+]. The Kier molecular flexibility index (Phi) is 8.23. The smallest absolute Gasteiger partial charge is 0.548 e. The van der Waals surface area contributed by atoms with Crippen LogP contribution in [-0.4, -0.2) is 40.9 Å². The van der Waals surface area contributed by atoms with E-state index in [0.29, 0.717) is 0 Å². The second-order valence-electron chi connectivity index (χ2n) is 6.96. The maximum absolute atomic E-state index is 12.7. The van der Waals surface area contributed by atoms with Gasteiger partial charge in [0.15, 0.2) is 0 Å². The Labute approximate surface area is 196 Å². The zero-order valence-corrected chi connectivity index (χ0v) is 18.9. The van der Waals surface area contributed by atoms with Crippen molar-refractivity contribution >= 4 is 17.8 Å². The van der Waals surface area contributed by atoms with Crippen LogP contribution in [0.2, 0.25) is 0 Å². The van der Waals surface area contributed by atoms with Crippen LogP contribution < -0.4 is 40.0 Å². The van der Waals surface area contributed by atoms with Gasteiger partial charge in [0.25, 0.3) is 11.8 Å². The quantitative estimate of drug-likeness (QED) is 0.419. The largest absolute Gasteiger partial charge is 1.00 e. The summed E-state index contributed by atoms with van der Waals surface area (Å²) < 4.78 is 0. The summed E-state index contributed by atoms with van der Waals surface area (Å²) in [6, 6.07) is 17.6. The van der Waals surface area contributed by atoms with Crippen LogP contribution in [0.3, 0.4) is 0 Å². The Morgan fingerprint density at radius 3 is 2.30 bits per heavy atom. The van der Waals surface area contributed by atoms with E-state index in [2.05, 4.69) is 5.32 Å². The number of benzene rings is 2. The van der Waals surface area contributed by atoms with Crippen LogP contribution in [0.25, 0.3) is 11.1 Å². The molecule has 2 N–H and O–H groups in total. The molecule has 1 atom stereocenters. The molecule has 150 valence electrons. The van der Waals surface area contributed by atoms with E-state index in [1.165, 1.54) is 4.90 Å².